The van der Waals surface area contributed by atoms with Gasteiger partial charge in [-0.3, -0.25) is 14.4 Å². The van der Waals surface area contributed by atoms with Crippen molar-refractivity contribution in [2.75, 3.05) is 37.8 Å². The van der Waals surface area contributed by atoms with Gasteiger partial charge in [0.25, 0.3) is 0 Å². The normalized spacial score (nSPS) is 16.6. The summed E-state index contributed by atoms with van der Waals surface area (Å²) in [5.74, 6) is -0.794. The van der Waals surface area contributed by atoms with E-state index in [-0.39, 0.29) is 29.7 Å². The van der Waals surface area contributed by atoms with E-state index in [1.807, 2.05) is 0 Å². The van der Waals surface area contributed by atoms with Crippen molar-refractivity contribution in [2.45, 2.75) is 19.4 Å². The van der Waals surface area contributed by atoms with E-state index >= 15 is 0 Å². The highest BCUT2D eigenvalue weighted by atomic mass is 32.2. The second kappa shape index (κ2) is 8.80. The van der Waals surface area contributed by atoms with Crippen LogP contribution in [0.3, 0.4) is 0 Å². The zero-order valence-corrected chi connectivity index (χ0v) is 12.3. The zero-order chi connectivity index (χ0) is 15.0. The topological polar surface area (TPSA) is 95.9 Å². The summed E-state index contributed by atoms with van der Waals surface area (Å²) in [7, 11) is 0. The van der Waals surface area contributed by atoms with Crippen LogP contribution >= 0.6 is 11.8 Å². The highest BCUT2D eigenvalue weighted by Crippen LogP contribution is 2.05. The third-order valence-electron chi connectivity index (χ3n) is 2.71. The number of amides is 2. The minimum atomic E-state index is -0.951. The maximum absolute atomic E-state index is 11.8. The molecule has 1 rings (SSSR count). The van der Waals surface area contributed by atoms with Crippen LogP contribution in [0, 0.1) is 0 Å². The third-order valence-corrected chi connectivity index (χ3v) is 3.63. The summed E-state index contributed by atoms with van der Waals surface area (Å²) in [5, 5.41) is 11.2. The maximum Gasteiger partial charge on any atom is 0.305 e. The molecule has 2 amide bonds. The summed E-state index contributed by atoms with van der Waals surface area (Å²) in [6.07, 6.45) is -0.108. The van der Waals surface area contributed by atoms with Gasteiger partial charge in [0.2, 0.25) is 11.8 Å². The van der Waals surface area contributed by atoms with E-state index in [2.05, 4.69) is 5.32 Å². The number of aliphatic carboxylic acids is 1. The molecule has 0 aromatic heterocycles. The van der Waals surface area contributed by atoms with Gasteiger partial charge in [-0.1, -0.05) is 0 Å². The Kier molecular flexibility index (Phi) is 7.38. The van der Waals surface area contributed by atoms with Crippen molar-refractivity contribution in [1.29, 1.82) is 0 Å². The van der Waals surface area contributed by atoms with Gasteiger partial charge in [0, 0.05) is 19.1 Å². The van der Waals surface area contributed by atoms with Crippen molar-refractivity contribution in [3.63, 3.8) is 0 Å². The molecule has 7 nitrogen and oxygen atoms in total. The Balaban J connectivity index is 2.14. The number of nitrogens with zero attached hydrogens (tertiary/aromatic N) is 1. The van der Waals surface area contributed by atoms with Gasteiger partial charge in [-0.05, 0) is 6.92 Å². The Morgan fingerprint density at radius 1 is 1.30 bits per heavy atom. The molecule has 1 atom stereocenters. The van der Waals surface area contributed by atoms with Gasteiger partial charge in [0.1, 0.15) is 0 Å². The Morgan fingerprint density at radius 3 is 2.55 bits per heavy atom. The molecule has 20 heavy (non-hydrogen) atoms. The summed E-state index contributed by atoms with van der Waals surface area (Å²) in [6, 6.07) is -0.407. The average Bonchev–Trinajstić information content (AvgIpc) is 2.38. The molecule has 0 saturated carbocycles. The maximum atomic E-state index is 11.8. The highest BCUT2D eigenvalue weighted by molar-refractivity contribution is 8.00. The van der Waals surface area contributed by atoms with Gasteiger partial charge < -0.3 is 20.1 Å². The molecule has 1 unspecified atom stereocenters. The fraction of sp³-hybridized carbons (Fsp3) is 0.750. The summed E-state index contributed by atoms with van der Waals surface area (Å²) in [5.41, 5.74) is 0. The monoisotopic (exact) mass is 304 g/mol. The summed E-state index contributed by atoms with van der Waals surface area (Å²) < 4.78 is 5.16. The summed E-state index contributed by atoms with van der Waals surface area (Å²) in [4.78, 5) is 35.5. The van der Waals surface area contributed by atoms with Crippen LogP contribution in [0.2, 0.25) is 0 Å². The first kappa shape index (κ1) is 16.8. The Labute approximate surface area is 122 Å². The van der Waals surface area contributed by atoms with E-state index in [9.17, 15) is 14.4 Å². The second-order valence-electron chi connectivity index (χ2n) is 4.55. The molecule has 1 aliphatic heterocycles. The van der Waals surface area contributed by atoms with Crippen LogP contribution in [0.15, 0.2) is 0 Å². The number of carbonyl (C=O) groups is 3. The third kappa shape index (κ3) is 6.76. The van der Waals surface area contributed by atoms with Crippen LogP contribution in [0.25, 0.3) is 0 Å². The van der Waals surface area contributed by atoms with Gasteiger partial charge in [0.15, 0.2) is 0 Å². The van der Waals surface area contributed by atoms with Crippen LogP contribution in [0.5, 0.6) is 0 Å². The molecule has 0 aromatic rings. The fourth-order valence-corrected chi connectivity index (χ4v) is 2.49. The number of thioether (sulfide) groups is 1. The molecule has 114 valence electrons. The lowest BCUT2D eigenvalue weighted by molar-refractivity contribution is -0.137. The molecular formula is C12H20N2O5S. The Hall–Kier alpha value is -1.28. The minimum Gasteiger partial charge on any atom is -0.481 e. The first-order chi connectivity index (χ1) is 9.49. The fourth-order valence-electron chi connectivity index (χ4n) is 1.76. The lowest BCUT2D eigenvalue weighted by Gasteiger charge is -2.26. The first-order valence-corrected chi connectivity index (χ1v) is 7.59. The number of carboxylic acid groups (broad SMARTS) is 1. The van der Waals surface area contributed by atoms with Crippen LogP contribution in [0.1, 0.15) is 13.3 Å². The van der Waals surface area contributed by atoms with E-state index in [0.717, 1.165) is 0 Å². The molecule has 0 bridgehead atoms. The van der Waals surface area contributed by atoms with Crippen molar-refractivity contribution < 1.29 is 24.2 Å². The molecule has 0 aromatic carbocycles. The van der Waals surface area contributed by atoms with E-state index in [0.29, 0.717) is 26.3 Å². The number of carbonyl (C=O) groups excluding carboxylic acids is 2. The van der Waals surface area contributed by atoms with E-state index in [1.165, 1.54) is 11.8 Å². The Bertz CT molecular complexity index is 358. The van der Waals surface area contributed by atoms with Gasteiger partial charge >= 0.3 is 5.97 Å². The Morgan fingerprint density at radius 2 is 1.95 bits per heavy atom. The van der Waals surface area contributed by atoms with E-state index < -0.39 is 12.0 Å². The average molecular weight is 304 g/mol. The standard InChI is InChI=1S/C12H20N2O5S/c1-9(6-12(17)18)13-10(15)7-20-8-11(16)14-2-4-19-5-3-14/h9H,2-8H2,1H3,(H,13,15)(H,17,18). The molecular weight excluding hydrogens is 284 g/mol. The van der Waals surface area contributed by atoms with Gasteiger partial charge in [-0.2, -0.15) is 0 Å². The second-order valence-corrected chi connectivity index (χ2v) is 5.54. The molecule has 2 N–H and O–H groups in total. The van der Waals surface area contributed by atoms with Crippen molar-refractivity contribution in [3.05, 3.63) is 0 Å². The lowest BCUT2D eigenvalue weighted by atomic mass is 10.2. The molecule has 1 heterocycles. The van der Waals surface area contributed by atoms with Crippen molar-refractivity contribution in [1.82, 2.24) is 10.2 Å². The smallest absolute Gasteiger partial charge is 0.305 e. The van der Waals surface area contributed by atoms with Gasteiger partial charge in [0.05, 0.1) is 31.1 Å². The zero-order valence-electron chi connectivity index (χ0n) is 11.5. The number of carboxylic acids is 1. The van der Waals surface area contributed by atoms with E-state index in [4.69, 9.17) is 9.84 Å². The van der Waals surface area contributed by atoms with Gasteiger partial charge in [-0.25, -0.2) is 0 Å². The molecule has 0 aliphatic carbocycles. The SMILES string of the molecule is CC(CC(=O)O)NC(=O)CSCC(=O)N1CCOCC1. The predicted octanol–water partition coefficient (Wildman–Crippen LogP) is -0.442. The van der Waals surface area contributed by atoms with Gasteiger partial charge in [-0.15, -0.1) is 11.8 Å². The van der Waals surface area contributed by atoms with Crippen LogP contribution in [-0.4, -0.2) is 71.6 Å². The molecule has 8 heteroatoms. The largest absolute Gasteiger partial charge is 0.481 e. The van der Waals surface area contributed by atoms with Crippen LogP contribution < -0.4 is 5.32 Å². The van der Waals surface area contributed by atoms with Crippen LogP contribution in [-0.2, 0) is 19.1 Å². The number of nitrogens with one attached hydrogen (secondary N) is 1. The quantitative estimate of drug-likeness (QED) is 0.662. The first-order valence-electron chi connectivity index (χ1n) is 6.43. The number of morpholine rings is 1. The van der Waals surface area contributed by atoms with E-state index in [1.54, 1.807) is 11.8 Å². The van der Waals surface area contributed by atoms with Crippen molar-refractivity contribution >= 4 is 29.5 Å². The summed E-state index contributed by atoms with van der Waals surface area (Å²) in [6.45, 7) is 3.95. The number of rotatable bonds is 7. The number of ether oxygens (including phenoxy) is 1. The summed E-state index contributed by atoms with van der Waals surface area (Å²) >= 11 is 1.23. The predicted molar refractivity (Wildman–Crippen MR) is 74.6 cm³/mol. The van der Waals surface area contributed by atoms with Crippen molar-refractivity contribution in [2.24, 2.45) is 0 Å². The molecule has 1 fully saturated rings. The number of hydrogen-bond donors (Lipinski definition) is 2. The number of hydrogen-bond acceptors (Lipinski definition) is 5. The van der Waals surface area contributed by atoms with Crippen LogP contribution in [0.4, 0.5) is 0 Å². The molecule has 0 spiro atoms. The lowest BCUT2D eigenvalue weighted by Crippen LogP contribution is -2.42. The minimum absolute atomic E-state index is 0.00434. The highest BCUT2D eigenvalue weighted by Gasteiger charge is 2.17. The molecule has 1 aliphatic rings. The van der Waals surface area contributed by atoms with Crippen molar-refractivity contribution in [3.8, 4) is 0 Å². The molecule has 1 saturated heterocycles. The molecule has 0 radical (unpaired) electrons.